The first-order chi connectivity index (χ1) is 8.50. The number of thioether (sulfide) groups is 1. The molecule has 2 rings (SSSR count). The highest BCUT2D eigenvalue weighted by molar-refractivity contribution is 7.99. The van der Waals surface area contributed by atoms with Crippen LogP contribution in [-0.4, -0.2) is 25.3 Å². The van der Waals surface area contributed by atoms with Gasteiger partial charge in [-0.05, 0) is 26.2 Å². The van der Waals surface area contributed by atoms with Crippen LogP contribution in [-0.2, 0) is 0 Å². The number of hydrogen-bond acceptors (Lipinski definition) is 4. The normalized spacial score (nSPS) is 11.6. The van der Waals surface area contributed by atoms with E-state index in [4.69, 9.17) is 0 Å². The fraction of sp³-hybridized carbons (Fsp3) is 0.583. The number of aromatic amines is 1. The molecular formula is C12H18N4OS. The van der Waals surface area contributed by atoms with Crippen molar-refractivity contribution in [2.24, 2.45) is 5.92 Å². The van der Waals surface area contributed by atoms with Gasteiger partial charge in [0.05, 0.1) is 0 Å². The first-order valence-electron chi connectivity index (χ1n) is 6.08. The molecule has 0 atom stereocenters. The summed E-state index contributed by atoms with van der Waals surface area (Å²) in [4.78, 5) is 14.4. The molecule has 2 aromatic heterocycles. The van der Waals surface area contributed by atoms with E-state index in [1.54, 1.807) is 11.8 Å². The van der Waals surface area contributed by atoms with Gasteiger partial charge in [0, 0.05) is 17.0 Å². The summed E-state index contributed by atoms with van der Waals surface area (Å²) in [5.41, 5.74) is 1.53. The third kappa shape index (κ3) is 2.43. The largest absolute Gasteiger partial charge is 0.290 e. The van der Waals surface area contributed by atoms with Crippen LogP contribution in [0.1, 0.15) is 31.5 Å². The monoisotopic (exact) mass is 266 g/mol. The second-order valence-corrected chi connectivity index (χ2v) is 5.90. The minimum absolute atomic E-state index is 0.0915. The van der Waals surface area contributed by atoms with Crippen LogP contribution < -0.4 is 5.56 Å². The molecule has 0 amide bonds. The lowest BCUT2D eigenvalue weighted by atomic mass is 10.2. The molecule has 5 nitrogen and oxygen atoms in total. The van der Waals surface area contributed by atoms with Crippen LogP contribution in [0.4, 0.5) is 0 Å². The summed E-state index contributed by atoms with van der Waals surface area (Å²) in [7, 11) is 0. The van der Waals surface area contributed by atoms with Crippen molar-refractivity contribution < 1.29 is 0 Å². The molecule has 0 bridgehead atoms. The van der Waals surface area contributed by atoms with Gasteiger partial charge in [0.2, 0.25) is 5.78 Å². The van der Waals surface area contributed by atoms with Gasteiger partial charge in [0.15, 0.2) is 5.16 Å². The van der Waals surface area contributed by atoms with Gasteiger partial charge in [-0.3, -0.25) is 14.2 Å². The Morgan fingerprint density at radius 3 is 2.72 bits per heavy atom. The summed E-state index contributed by atoms with van der Waals surface area (Å²) in [6.07, 6.45) is 1.14. The number of fused-ring (bicyclic) bond motifs is 1. The lowest BCUT2D eigenvalue weighted by Gasteiger charge is -2.06. The number of nitrogens with zero attached hydrogens (tertiary/aromatic N) is 3. The Labute approximate surface area is 110 Å². The van der Waals surface area contributed by atoms with E-state index in [1.165, 1.54) is 0 Å². The zero-order valence-corrected chi connectivity index (χ0v) is 12.0. The van der Waals surface area contributed by atoms with Crippen LogP contribution in [0.15, 0.2) is 9.95 Å². The number of nitrogens with one attached hydrogen (secondary N) is 1. The Hall–Kier alpha value is -1.30. The average molecular weight is 266 g/mol. The number of hydrogen-bond donors (Lipinski definition) is 1. The Kier molecular flexibility index (Phi) is 3.75. The van der Waals surface area contributed by atoms with E-state index in [-0.39, 0.29) is 5.56 Å². The number of aryl methyl sites for hydroxylation is 1. The van der Waals surface area contributed by atoms with Gasteiger partial charge in [-0.25, -0.2) is 0 Å². The molecule has 0 aromatic carbocycles. The lowest BCUT2D eigenvalue weighted by Crippen LogP contribution is -2.15. The molecule has 0 saturated heterocycles. The minimum atomic E-state index is -0.0915. The van der Waals surface area contributed by atoms with Crippen molar-refractivity contribution in [3.63, 3.8) is 0 Å². The third-order valence-electron chi connectivity index (χ3n) is 3.00. The molecule has 0 saturated carbocycles. The maximum absolute atomic E-state index is 11.6. The van der Waals surface area contributed by atoms with Crippen LogP contribution in [0.2, 0.25) is 0 Å². The average Bonchev–Trinajstić information content (AvgIpc) is 2.69. The van der Waals surface area contributed by atoms with E-state index in [0.29, 0.717) is 17.3 Å². The van der Waals surface area contributed by atoms with E-state index in [9.17, 15) is 4.79 Å². The van der Waals surface area contributed by atoms with Crippen molar-refractivity contribution in [2.45, 2.75) is 39.3 Å². The maximum Gasteiger partial charge on any atom is 0.255 e. The maximum atomic E-state index is 11.6. The fourth-order valence-electron chi connectivity index (χ4n) is 1.66. The van der Waals surface area contributed by atoms with Crippen molar-refractivity contribution in [1.29, 1.82) is 0 Å². The standard InChI is InChI=1S/C12H18N4OS/c1-7(2)5-6-18-12-15-14-11-13-10(17)8(3)9(4)16(11)12/h7H,5-6H2,1-4H3,(H,13,14,17). The first-order valence-corrected chi connectivity index (χ1v) is 7.06. The van der Waals surface area contributed by atoms with E-state index in [0.717, 1.165) is 23.0 Å². The highest BCUT2D eigenvalue weighted by Gasteiger charge is 2.12. The molecule has 0 spiro atoms. The molecule has 2 aromatic rings. The van der Waals surface area contributed by atoms with Crippen LogP contribution in [0, 0.1) is 19.8 Å². The number of H-pyrrole nitrogens is 1. The van der Waals surface area contributed by atoms with Crippen molar-refractivity contribution >= 4 is 17.5 Å². The van der Waals surface area contributed by atoms with E-state index >= 15 is 0 Å². The zero-order valence-electron chi connectivity index (χ0n) is 11.1. The van der Waals surface area contributed by atoms with Crippen molar-refractivity contribution in [1.82, 2.24) is 19.6 Å². The molecule has 1 N–H and O–H groups in total. The smallest absolute Gasteiger partial charge is 0.255 e. The van der Waals surface area contributed by atoms with Crippen molar-refractivity contribution in [3.05, 3.63) is 21.6 Å². The molecule has 0 aliphatic carbocycles. The van der Waals surface area contributed by atoms with Crippen LogP contribution >= 0.6 is 11.8 Å². The van der Waals surface area contributed by atoms with E-state index in [2.05, 4.69) is 29.0 Å². The van der Waals surface area contributed by atoms with Crippen LogP contribution in [0.5, 0.6) is 0 Å². The minimum Gasteiger partial charge on any atom is -0.290 e. The summed E-state index contributed by atoms with van der Waals surface area (Å²) in [5.74, 6) is 2.21. The molecule has 0 radical (unpaired) electrons. The Morgan fingerprint density at radius 1 is 1.33 bits per heavy atom. The highest BCUT2D eigenvalue weighted by atomic mass is 32.2. The molecule has 0 aliphatic rings. The summed E-state index contributed by atoms with van der Waals surface area (Å²) < 4.78 is 1.92. The molecule has 6 heteroatoms. The molecule has 0 unspecified atom stereocenters. The predicted octanol–water partition coefficient (Wildman–Crippen LogP) is 2.17. The molecule has 2 heterocycles. The first kappa shape index (κ1) is 13.1. The van der Waals surface area contributed by atoms with Crippen LogP contribution in [0.3, 0.4) is 0 Å². The van der Waals surface area contributed by atoms with E-state index in [1.807, 2.05) is 18.2 Å². The highest BCUT2D eigenvalue weighted by Crippen LogP contribution is 2.20. The predicted molar refractivity (Wildman–Crippen MR) is 73.3 cm³/mol. The topological polar surface area (TPSA) is 63.1 Å². The van der Waals surface area contributed by atoms with Crippen molar-refractivity contribution in [3.8, 4) is 0 Å². The van der Waals surface area contributed by atoms with Gasteiger partial charge in [-0.1, -0.05) is 25.6 Å². The van der Waals surface area contributed by atoms with Crippen molar-refractivity contribution in [2.75, 3.05) is 5.75 Å². The molecule has 0 fully saturated rings. The van der Waals surface area contributed by atoms with E-state index < -0.39 is 0 Å². The van der Waals surface area contributed by atoms with Gasteiger partial charge in [0.25, 0.3) is 5.56 Å². The zero-order chi connectivity index (χ0) is 13.3. The molecule has 18 heavy (non-hydrogen) atoms. The summed E-state index contributed by atoms with van der Waals surface area (Å²) >= 11 is 1.68. The second-order valence-electron chi connectivity index (χ2n) is 4.84. The lowest BCUT2D eigenvalue weighted by molar-refractivity contribution is 0.631. The number of aromatic nitrogens is 4. The van der Waals surface area contributed by atoms with Gasteiger partial charge in [-0.15, -0.1) is 10.2 Å². The molecular weight excluding hydrogens is 248 g/mol. The Bertz CT molecular complexity index is 614. The SMILES string of the molecule is Cc1c(C)n2c(SCCC(C)C)nnc2[nH]c1=O. The molecule has 98 valence electrons. The Morgan fingerprint density at radius 2 is 2.06 bits per heavy atom. The van der Waals surface area contributed by atoms with Gasteiger partial charge in [-0.2, -0.15) is 0 Å². The number of rotatable bonds is 4. The van der Waals surface area contributed by atoms with Gasteiger partial charge < -0.3 is 0 Å². The van der Waals surface area contributed by atoms with Gasteiger partial charge in [0.1, 0.15) is 0 Å². The summed E-state index contributed by atoms with van der Waals surface area (Å²) in [6.45, 7) is 8.15. The summed E-state index contributed by atoms with van der Waals surface area (Å²) in [5, 5.41) is 9.01. The van der Waals surface area contributed by atoms with Gasteiger partial charge >= 0.3 is 0 Å². The van der Waals surface area contributed by atoms with Crippen LogP contribution in [0.25, 0.3) is 5.78 Å². The molecule has 0 aliphatic heterocycles. The third-order valence-corrected chi connectivity index (χ3v) is 3.97. The second kappa shape index (κ2) is 5.14. The Balaban J connectivity index is 2.35. The quantitative estimate of drug-likeness (QED) is 0.861. The fourth-order valence-corrected chi connectivity index (χ4v) is 2.88. The summed E-state index contributed by atoms with van der Waals surface area (Å²) in [6, 6.07) is 0.